The van der Waals surface area contributed by atoms with Gasteiger partial charge in [0.25, 0.3) is 5.91 Å². The maximum Gasteiger partial charge on any atom is 0.250 e. The molecule has 4 aromatic rings. The number of benzene rings is 3. The van der Waals surface area contributed by atoms with E-state index >= 15 is 0 Å². The van der Waals surface area contributed by atoms with Crippen molar-refractivity contribution < 1.29 is 9.90 Å². The van der Waals surface area contributed by atoms with Crippen LogP contribution in [0.5, 0.6) is 5.75 Å². The highest BCUT2D eigenvalue weighted by molar-refractivity contribution is 7.99. The Morgan fingerprint density at radius 1 is 1.08 bits per heavy atom. The smallest absolute Gasteiger partial charge is 0.250 e. The van der Waals surface area contributed by atoms with E-state index in [1.54, 1.807) is 24.3 Å². The number of thioether (sulfide) groups is 1. The molecule has 0 spiro atoms. The van der Waals surface area contributed by atoms with Gasteiger partial charge < -0.3 is 10.0 Å². The monoisotopic (exact) mass is 548 g/mol. The minimum absolute atomic E-state index is 0.0782. The summed E-state index contributed by atoms with van der Waals surface area (Å²) in [5.41, 5.74) is 6.84. The predicted molar refractivity (Wildman–Crippen MR) is 155 cm³/mol. The van der Waals surface area contributed by atoms with Gasteiger partial charge in [0.2, 0.25) is 0 Å². The van der Waals surface area contributed by atoms with Crippen LogP contribution in [0, 0.1) is 6.92 Å². The van der Waals surface area contributed by atoms with Crippen LogP contribution < -0.4 is 10.3 Å². The number of phenols is 1. The lowest BCUT2D eigenvalue weighted by Crippen LogP contribution is -2.21. The average Bonchev–Trinajstić information content (AvgIpc) is 3.34. The number of hydrazone groups is 1. The van der Waals surface area contributed by atoms with E-state index < -0.39 is 0 Å². The van der Waals surface area contributed by atoms with E-state index in [9.17, 15) is 9.90 Å². The van der Waals surface area contributed by atoms with Crippen molar-refractivity contribution >= 4 is 41.2 Å². The van der Waals surface area contributed by atoms with Gasteiger partial charge in [-0.1, -0.05) is 41.1 Å². The number of amides is 1. The van der Waals surface area contributed by atoms with E-state index in [0.29, 0.717) is 21.6 Å². The van der Waals surface area contributed by atoms with Gasteiger partial charge in [-0.2, -0.15) is 5.10 Å². The molecule has 0 aliphatic carbocycles. The number of nitrogens with zero attached hydrogens (tertiary/aromatic N) is 5. The Labute approximate surface area is 231 Å². The Bertz CT molecular complexity index is 1420. The highest BCUT2D eigenvalue weighted by atomic mass is 35.5. The van der Waals surface area contributed by atoms with Gasteiger partial charge >= 0.3 is 0 Å². The minimum atomic E-state index is -0.308. The zero-order valence-electron chi connectivity index (χ0n) is 21.4. The molecular formula is C28H29ClN6O2S. The van der Waals surface area contributed by atoms with Gasteiger partial charge in [0.15, 0.2) is 11.0 Å². The Morgan fingerprint density at radius 3 is 2.45 bits per heavy atom. The lowest BCUT2D eigenvalue weighted by molar-refractivity contribution is -0.118. The molecular weight excluding hydrogens is 520 g/mol. The lowest BCUT2D eigenvalue weighted by atomic mass is 10.2. The quantitative estimate of drug-likeness (QED) is 0.150. The van der Waals surface area contributed by atoms with Crippen LogP contribution in [-0.2, 0) is 4.79 Å². The van der Waals surface area contributed by atoms with Crippen LogP contribution in [0.25, 0.3) is 17.1 Å². The molecule has 10 heteroatoms. The second-order valence-corrected chi connectivity index (χ2v) is 9.86. The third kappa shape index (κ3) is 6.54. The van der Waals surface area contributed by atoms with Crippen molar-refractivity contribution in [1.29, 1.82) is 0 Å². The maximum atomic E-state index is 12.5. The van der Waals surface area contributed by atoms with Crippen LogP contribution in [-0.4, -0.2) is 50.8 Å². The van der Waals surface area contributed by atoms with Crippen LogP contribution in [0.15, 0.2) is 77.0 Å². The molecule has 0 aliphatic rings. The molecule has 38 heavy (non-hydrogen) atoms. The molecule has 3 aromatic carbocycles. The van der Waals surface area contributed by atoms with Crippen LogP contribution in [0.2, 0.25) is 5.02 Å². The Hall–Kier alpha value is -3.82. The van der Waals surface area contributed by atoms with Gasteiger partial charge in [-0.15, -0.1) is 10.2 Å². The number of anilines is 1. The summed E-state index contributed by atoms with van der Waals surface area (Å²) >= 11 is 7.32. The number of aryl methyl sites for hydroxylation is 1. The Balaban J connectivity index is 1.46. The summed E-state index contributed by atoms with van der Waals surface area (Å²) in [6, 6.07) is 20.8. The summed E-state index contributed by atoms with van der Waals surface area (Å²) < 4.78 is 1.92. The Morgan fingerprint density at radius 2 is 1.79 bits per heavy atom. The van der Waals surface area contributed by atoms with E-state index in [1.165, 1.54) is 18.0 Å². The minimum Gasteiger partial charge on any atom is -0.507 e. The van der Waals surface area contributed by atoms with Crippen LogP contribution in [0.1, 0.15) is 25.0 Å². The first-order chi connectivity index (χ1) is 18.4. The summed E-state index contributed by atoms with van der Waals surface area (Å²) in [4.78, 5) is 14.7. The molecule has 0 saturated carbocycles. The van der Waals surface area contributed by atoms with Crippen molar-refractivity contribution in [2.24, 2.45) is 5.10 Å². The van der Waals surface area contributed by atoms with Crippen molar-refractivity contribution in [3.63, 3.8) is 0 Å². The largest absolute Gasteiger partial charge is 0.507 e. The molecule has 1 heterocycles. The molecule has 1 amide bonds. The Kier molecular flexibility index (Phi) is 9.04. The SMILES string of the molecule is CCN(CC)c1ccc(/C=N\NC(=O)CSc2nnc(-c3ccc(Cl)cc3)n2-c2ccc(C)cc2)c(O)c1. The predicted octanol–water partition coefficient (Wildman–Crippen LogP) is 5.69. The van der Waals surface area contributed by atoms with Crippen molar-refractivity contribution in [1.82, 2.24) is 20.2 Å². The van der Waals surface area contributed by atoms with Gasteiger partial charge in [-0.05, 0) is 69.3 Å². The number of nitrogens with one attached hydrogen (secondary N) is 1. The van der Waals surface area contributed by atoms with Crippen molar-refractivity contribution in [2.75, 3.05) is 23.7 Å². The summed E-state index contributed by atoms with van der Waals surface area (Å²) in [6.07, 6.45) is 1.43. The normalized spacial score (nSPS) is 11.2. The molecule has 0 unspecified atom stereocenters. The second-order valence-electron chi connectivity index (χ2n) is 8.48. The van der Waals surface area contributed by atoms with Gasteiger partial charge in [-0.3, -0.25) is 9.36 Å². The fraction of sp³-hybridized carbons (Fsp3) is 0.214. The standard InChI is InChI=1S/C28H29ClN6O2S/c1-4-34(5-2)24-15-10-21(25(36)16-24)17-30-31-26(37)18-38-28-33-32-27(20-8-11-22(29)12-9-20)35(28)23-13-6-19(3)7-14-23/h6-17,36H,4-5,18H2,1-3H3,(H,31,37)/b30-17-. The number of halogens is 1. The number of hydrogen-bond donors (Lipinski definition) is 2. The number of aromatic hydroxyl groups is 1. The van der Waals surface area contributed by atoms with Crippen LogP contribution in [0.4, 0.5) is 5.69 Å². The molecule has 0 saturated heterocycles. The van der Waals surface area contributed by atoms with E-state index in [4.69, 9.17) is 11.6 Å². The number of rotatable bonds is 10. The van der Waals surface area contributed by atoms with Gasteiger partial charge in [-0.25, -0.2) is 5.43 Å². The number of carbonyl (C=O) groups is 1. The van der Waals surface area contributed by atoms with Crippen molar-refractivity contribution in [3.05, 3.63) is 82.9 Å². The fourth-order valence-corrected chi connectivity index (χ4v) is 4.71. The van der Waals surface area contributed by atoms with Gasteiger partial charge in [0, 0.05) is 46.7 Å². The number of hydrogen-bond acceptors (Lipinski definition) is 7. The summed E-state index contributed by atoms with van der Waals surface area (Å²) in [7, 11) is 0. The fourth-order valence-electron chi connectivity index (χ4n) is 3.84. The molecule has 0 atom stereocenters. The zero-order valence-corrected chi connectivity index (χ0v) is 23.0. The molecule has 8 nitrogen and oxygen atoms in total. The first-order valence-corrected chi connectivity index (χ1v) is 13.6. The summed E-state index contributed by atoms with van der Waals surface area (Å²) in [5.74, 6) is 0.518. The van der Waals surface area contributed by atoms with Crippen molar-refractivity contribution in [2.45, 2.75) is 25.9 Å². The highest BCUT2D eigenvalue weighted by Gasteiger charge is 2.17. The average molecular weight is 549 g/mol. The van der Waals surface area contributed by atoms with E-state index in [2.05, 4.69) is 39.5 Å². The first kappa shape index (κ1) is 27.2. The molecule has 2 N–H and O–H groups in total. The van der Waals surface area contributed by atoms with Crippen LogP contribution in [0.3, 0.4) is 0 Å². The van der Waals surface area contributed by atoms with Crippen molar-refractivity contribution in [3.8, 4) is 22.8 Å². The zero-order chi connectivity index (χ0) is 27.1. The number of phenolic OH excluding ortho intramolecular Hbond substituents is 1. The molecule has 0 fully saturated rings. The third-order valence-corrected chi connectivity index (χ3v) is 7.08. The summed E-state index contributed by atoms with van der Waals surface area (Å²) in [6.45, 7) is 7.83. The topological polar surface area (TPSA) is 95.6 Å². The molecule has 0 radical (unpaired) electrons. The van der Waals surface area contributed by atoms with Gasteiger partial charge in [0.1, 0.15) is 5.75 Å². The molecule has 0 bridgehead atoms. The number of aromatic nitrogens is 3. The second kappa shape index (κ2) is 12.6. The molecule has 1 aromatic heterocycles. The number of carbonyl (C=O) groups excluding carboxylic acids is 1. The molecule has 0 aliphatic heterocycles. The lowest BCUT2D eigenvalue weighted by Gasteiger charge is -2.21. The third-order valence-electron chi connectivity index (χ3n) is 5.90. The first-order valence-electron chi connectivity index (χ1n) is 12.2. The molecule has 196 valence electrons. The van der Waals surface area contributed by atoms with E-state index in [1.807, 2.05) is 54.0 Å². The highest BCUT2D eigenvalue weighted by Crippen LogP contribution is 2.29. The summed E-state index contributed by atoms with van der Waals surface area (Å²) in [5, 5.41) is 24.3. The maximum absolute atomic E-state index is 12.5. The van der Waals surface area contributed by atoms with E-state index in [-0.39, 0.29) is 17.4 Å². The van der Waals surface area contributed by atoms with Gasteiger partial charge in [0.05, 0.1) is 12.0 Å². The van der Waals surface area contributed by atoms with Crippen LogP contribution >= 0.6 is 23.4 Å². The van der Waals surface area contributed by atoms with E-state index in [0.717, 1.165) is 35.6 Å². The molecule has 4 rings (SSSR count).